The molecule has 114 valence electrons. The van der Waals surface area contributed by atoms with E-state index in [1.165, 1.54) is 5.56 Å². The van der Waals surface area contributed by atoms with Crippen molar-refractivity contribution >= 4 is 11.6 Å². The molecule has 0 spiro atoms. The molecule has 1 heterocycles. The van der Waals surface area contributed by atoms with Gasteiger partial charge in [-0.15, -0.1) is 0 Å². The molecule has 0 aliphatic carbocycles. The maximum atomic E-state index is 12.3. The minimum Gasteiger partial charge on any atom is -0.320 e. The highest BCUT2D eigenvalue weighted by Gasteiger charge is 2.34. The Labute approximate surface area is 131 Å². The zero-order valence-electron chi connectivity index (χ0n) is 13.3. The minimum atomic E-state index is -0.163. The number of aryl methyl sites for hydroxylation is 1. The Bertz CT molecular complexity index is 723. The fraction of sp³-hybridized carbons (Fsp3) is 0.316. The number of benzene rings is 2. The molecule has 0 aromatic heterocycles. The van der Waals surface area contributed by atoms with Crippen molar-refractivity contribution in [3.05, 3.63) is 64.7 Å². The van der Waals surface area contributed by atoms with Gasteiger partial charge in [0.1, 0.15) is 0 Å². The number of hydrogen-bond donors (Lipinski definition) is 1. The molecule has 1 amide bonds. The van der Waals surface area contributed by atoms with Gasteiger partial charge in [0.2, 0.25) is 5.91 Å². The summed E-state index contributed by atoms with van der Waals surface area (Å²) in [6, 6.07) is 14.3. The normalized spacial score (nSPS) is 18.5. The first-order valence-corrected chi connectivity index (χ1v) is 7.76. The molecule has 0 radical (unpaired) electrons. The predicted molar refractivity (Wildman–Crippen MR) is 90.1 cm³/mol. The quantitative estimate of drug-likeness (QED) is 0.941. The van der Waals surface area contributed by atoms with Crippen LogP contribution in [0.15, 0.2) is 42.5 Å². The molecule has 2 aromatic carbocycles. The number of carbonyl (C=O) groups excluding carboxylic acids is 1. The number of carbonyl (C=O) groups is 1. The van der Waals surface area contributed by atoms with E-state index in [0.29, 0.717) is 0 Å². The van der Waals surface area contributed by atoms with Crippen molar-refractivity contribution in [3.63, 3.8) is 0 Å². The number of hydrogen-bond acceptors (Lipinski definition) is 2. The molecule has 0 fully saturated rings. The third-order valence-corrected chi connectivity index (χ3v) is 4.59. The summed E-state index contributed by atoms with van der Waals surface area (Å²) >= 11 is 0. The van der Waals surface area contributed by atoms with E-state index in [2.05, 4.69) is 38.1 Å². The van der Waals surface area contributed by atoms with Crippen molar-refractivity contribution < 1.29 is 4.79 Å². The van der Waals surface area contributed by atoms with Gasteiger partial charge in [0.05, 0.1) is 12.0 Å². The van der Waals surface area contributed by atoms with E-state index >= 15 is 0 Å². The van der Waals surface area contributed by atoms with Gasteiger partial charge in [-0.1, -0.05) is 48.9 Å². The Morgan fingerprint density at radius 2 is 1.91 bits per heavy atom. The lowest BCUT2D eigenvalue weighted by Crippen LogP contribution is -2.23. The Kier molecular flexibility index (Phi) is 3.75. The lowest BCUT2D eigenvalue weighted by Gasteiger charge is -2.16. The second kappa shape index (κ2) is 5.58. The molecule has 2 aromatic rings. The summed E-state index contributed by atoms with van der Waals surface area (Å²) in [4.78, 5) is 14.0. The second-order valence-electron chi connectivity index (χ2n) is 6.07. The molecule has 0 saturated carbocycles. The van der Waals surface area contributed by atoms with Crippen LogP contribution in [0, 0.1) is 6.92 Å². The van der Waals surface area contributed by atoms with Gasteiger partial charge < -0.3 is 10.6 Å². The van der Waals surface area contributed by atoms with Gasteiger partial charge in [-0.05, 0) is 36.1 Å². The number of fused-ring (bicyclic) bond motifs is 1. The van der Waals surface area contributed by atoms with Crippen molar-refractivity contribution in [2.24, 2.45) is 5.73 Å². The summed E-state index contributed by atoms with van der Waals surface area (Å²) in [5.41, 5.74) is 11.9. The Morgan fingerprint density at radius 3 is 2.59 bits per heavy atom. The zero-order chi connectivity index (χ0) is 15.9. The molecule has 22 heavy (non-hydrogen) atoms. The number of rotatable bonds is 3. The SMILES string of the molecule is CCC1C(=O)N(C)c2ccc(C(N)c3cccc(C)c3)cc21. The minimum absolute atomic E-state index is 0.0374. The highest BCUT2D eigenvalue weighted by molar-refractivity contribution is 6.04. The fourth-order valence-corrected chi connectivity index (χ4v) is 3.29. The van der Waals surface area contributed by atoms with Crippen molar-refractivity contribution in [2.45, 2.75) is 32.2 Å². The lowest BCUT2D eigenvalue weighted by molar-refractivity contribution is -0.119. The van der Waals surface area contributed by atoms with E-state index < -0.39 is 0 Å². The van der Waals surface area contributed by atoms with E-state index in [-0.39, 0.29) is 17.9 Å². The van der Waals surface area contributed by atoms with Crippen LogP contribution in [0.25, 0.3) is 0 Å². The molecule has 2 atom stereocenters. The van der Waals surface area contributed by atoms with Crippen molar-refractivity contribution in [2.75, 3.05) is 11.9 Å². The fourth-order valence-electron chi connectivity index (χ4n) is 3.29. The molecule has 1 aliphatic heterocycles. The summed E-state index contributed by atoms with van der Waals surface area (Å²) in [6.45, 7) is 4.12. The van der Waals surface area contributed by atoms with Crippen LogP contribution in [0.3, 0.4) is 0 Å². The van der Waals surface area contributed by atoms with Gasteiger partial charge in [0.25, 0.3) is 0 Å². The Balaban J connectivity index is 2.01. The third kappa shape index (κ3) is 2.32. The molecular weight excluding hydrogens is 272 g/mol. The Hall–Kier alpha value is -2.13. The molecule has 3 nitrogen and oxygen atoms in total. The molecule has 1 aliphatic rings. The van der Waals surface area contributed by atoms with Gasteiger partial charge in [0.15, 0.2) is 0 Å². The molecule has 3 rings (SSSR count). The van der Waals surface area contributed by atoms with Crippen LogP contribution >= 0.6 is 0 Å². The zero-order valence-corrected chi connectivity index (χ0v) is 13.3. The van der Waals surface area contributed by atoms with Crippen LogP contribution in [-0.4, -0.2) is 13.0 Å². The van der Waals surface area contributed by atoms with Crippen molar-refractivity contribution in [1.29, 1.82) is 0 Å². The molecule has 0 saturated heterocycles. The van der Waals surface area contributed by atoms with E-state index in [4.69, 9.17) is 5.73 Å². The Morgan fingerprint density at radius 1 is 1.18 bits per heavy atom. The summed E-state index contributed by atoms with van der Waals surface area (Å²) < 4.78 is 0. The highest BCUT2D eigenvalue weighted by Crippen LogP contribution is 2.39. The lowest BCUT2D eigenvalue weighted by atomic mass is 9.92. The maximum absolute atomic E-state index is 12.3. The van der Waals surface area contributed by atoms with Crippen LogP contribution < -0.4 is 10.6 Å². The number of likely N-dealkylation sites (N-methyl/N-ethyl adjacent to an activating group) is 1. The van der Waals surface area contributed by atoms with Gasteiger partial charge in [0, 0.05) is 12.7 Å². The summed E-state index contributed by atoms with van der Waals surface area (Å²) in [6.07, 6.45) is 0.819. The number of amides is 1. The first kappa shape index (κ1) is 14.8. The van der Waals surface area contributed by atoms with Crippen molar-refractivity contribution in [3.8, 4) is 0 Å². The summed E-state index contributed by atoms with van der Waals surface area (Å²) in [7, 11) is 1.84. The molecule has 0 bridgehead atoms. The number of anilines is 1. The number of nitrogens with two attached hydrogens (primary N) is 1. The topological polar surface area (TPSA) is 46.3 Å². The summed E-state index contributed by atoms with van der Waals surface area (Å²) in [5.74, 6) is 0.142. The van der Waals surface area contributed by atoms with E-state index in [9.17, 15) is 4.79 Å². The predicted octanol–water partition coefficient (Wildman–Crippen LogP) is 3.51. The third-order valence-electron chi connectivity index (χ3n) is 4.59. The highest BCUT2D eigenvalue weighted by atomic mass is 16.2. The smallest absolute Gasteiger partial charge is 0.234 e. The molecule has 3 heteroatoms. The van der Waals surface area contributed by atoms with Gasteiger partial charge in [-0.25, -0.2) is 0 Å². The first-order valence-electron chi connectivity index (χ1n) is 7.76. The van der Waals surface area contributed by atoms with E-state index in [1.54, 1.807) is 4.90 Å². The van der Waals surface area contributed by atoms with Crippen LogP contribution in [0.2, 0.25) is 0 Å². The second-order valence-corrected chi connectivity index (χ2v) is 6.07. The maximum Gasteiger partial charge on any atom is 0.234 e. The van der Waals surface area contributed by atoms with Gasteiger partial charge in [-0.2, -0.15) is 0 Å². The largest absolute Gasteiger partial charge is 0.320 e. The molecule has 2 unspecified atom stereocenters. The van der Waals surface area contributed by atoms with E-state index in [1.807, 2.05) is 25.2 Å². The van der Waals surface area contributed by atoms with Gasteiger partial charge in [-0.3, -0.25) is 4.79 Å². The standard InChI is InChI=1S/C19H22N2O/c1-4-15-16-11-14(8-9-17(16)21(3)19(15)22)18(20)13-7-5-6-12(2)10-13/h5-11,15,18H,4,20H2,1-3H3. The average molecular weight is 294 g/mol. The van der Waals surface area contributed by atoms with Gasteiger partial charge >= 0.3 is 0 Å². The molecular formula is C19H22N2O. The van der Waals surface area contributed by atoms with E-state index in [0.717, 1.165) is 28.8 Å². The van der Waals surface area contributed by atoms with Crippen LogP contribution in [-0.2, 0) is 4.79 Å². The summed E-state index contributed by atoms with van der Waals surface area (Å²) in [5, 5.41) is 0. The van der Waals surface area contributed by atoms with Crippen molar-refractivity contribution in [1.82, 2.24) is 0 Å². The number of nitrogens with zero attached hydrogens (tertiary/aromatic N) is 1. The first-order chi connectivity index (χ1) is 10.5. The van der Waals surface area contributed by atoms with Crippen LogP contribution in [0.5, 0.6) is 0 Å². The average Bonchev–Trinajstić information content (AvgIpc) is 2.77. The van der Waals surface area contributed by atoms with Crippen LogP contribution in [0.1, 0.15) is 47.6 Å². The monoisotopic (exact) mass is 294 g/mol. The van der Waals surface area contributed by atoms with Crippen LogP contribution in [0.4, 0.5) is 5.69 Å². The molecule has 2 N–H and O–H groups in total.